The number of benzene rings is 2. The normalized spacial score (nSPS) is 13.4. The van der Waals surface area contributed by atoms with Crippen LogP contribution in [0.25, 0.3) is 0 Å². The molecule has 0 aromatic heterocycles. The van der Waals surface area contributed by atoms with Gasteiger partial charge in [0.05, 0.1) is 11.6 Å². The Morgan fingerprint density at radius 2 is 1.54 bits per heavy atom. The molecule has 0 aliphatic carbocycles. The van der Waals surface area contributed by atoms with Crippen LogP contribution >= 0.6 is 0 Å². The van der Waals surface area contributed by atoms with E-state index in [4.69, 9.17) is 4.74 Å². The van der Waals surface area contributed by atoms with Crippen molar-refractivity contribution in [2.45, 2.75) is 52.6 Å². The molecular weight excluding hydrogens is 472 g/mol. The van der Waals surface area contributed by atoms with E-state index >= 15 is 0 Å². The van der Waals surface area contributed by atoms with Gasteiger partial charge in [0.25, 0.3) is 0 Å². The zero-order valence-corrected chi connectivity index (χ0v) is 19.7. The Hall–Kier alpha value is -3.63. The predicted molar refractivity (Wildman–Crippen MR) is 120 cm³/mol. The van der Waals surface area contributed by atoms with E-state index in [-0.39, 0.29) is 16.8 Å². The number of ketones is 1. The van der Waals surface area contributed by atoms with Gasteiger partial charge in [-0.2, -0.15) is 0 Å². The largest absolute Gasteiger partial charge is 0.573 e. The summed E-state index contributed by atoms with van der Waals surface area (Å²) in [5.74, 6) is -3.48. The van der Waals surface area contributed by atoms with Crippen LogP contribution in [0, 0.1) is 11.7 Å². The molecule has 2 rings (SSSR count). The molecule has 0 heterocycles. The Balaban J connectivity index is 2.29. The van der Waals surface area contributed by atoms with Gasteiger partial charge in [-0.25, -0.2) is 9.18 Å². The second-order valence-electron chi connectivity index (χ2n) is 8.80. The quantitative estimate of drug-likeness (QED) is 0.392. The second-order valence-corrected chi connectivity index (χ2v) is 8.80. The molecular formula is C24H26F4N2O5. The summed E-state index contributed by atoms with van der Waals surface area (Å²) < 4.78 is 60.4. The van der Waals surface area contributed by atoms with Crippen LogP contribution in [0.1, 0.15) is 50.5 Å². The van der Waals surface area contributed by atoms with Crippen LogP contribution < -0.4 is 15.4 Å². The molecule has 190 valence electrons. The number of carbonyl (C=O) groups excluding carboxylic acids is 3. The van der Waals surface area contributed by atoms with Gasteiger partial charge in [-0.05, 0) is 70.2 Å². The number of hydrogen-bond donors (Lipinski definition) is 2. The molecule has 7 nitrogen and oxygen atoms in total. The zero-order valence-electron chi connectivity index (χ0n) is 19.7. The third-order valence-corrected chi connectivity index (χ3v) is 4.74. The van der Waals surface area contributed by atoms with Gasteiger partial charge in [-0.15, -0.1) is 13.2 Å². The molecule has 11 heteroatoms. The number of ether oxygens (including phenoxy) is 2. The van der Waals surface area contributed by atoms with Gasteiger partial charge in [0.1, 0.15) is 17.2 Å². The summed E-state index contributed by atoms with van der Waals surface area (Å²) >= 11 is 0. The standard InChI is InChI=1S/C24H26F4N2O5/c1-13(14(2)29-22(33)35-23(3,4)5)21(32)30-19-11-10-17(34-24(26,27)28)12-18(19)20(31)15-6-8-16(25)9-7-15/h6-14H,1-5H3,(H,29,33)(H,30,32)/t13-,14-/m0/s1. The first-order valence-corrected chi connectivity index (χ1v) is 10.6. The molecule has 2 atom stereocenters. The molecule has 0 unspecified atom stereocenters. The van der Waals surface area contributed by atoms with Crippen LogP contribution in [0.3, 0.4) is 0 Å². The van der Waals surface area contributed by atoms with Gasteiger partial charge < -0.3 is 20.1 Å². The van der Waals surface area contributed by atoms with E-state index in [1.807, 2.05) is 0 Å². The maximum atomic E-state index is 13.2. The number of alkyl carbamates (subject to hydrolysis) is 1. The molecule has 2 aromatic carbocycles. The third kappa shape index (κ3) is 8.58. The lowest BCUT2D eigenvalue weighted by molar-refractivity contribution is -0.274. The molecule has 2 N–H and O–H groups in total. The molecule has 0 radical (unpaired) electrons. The van der Waals surface area contributed by atoms with Crippen LogP contribution in [-0.4, -0.2) is 35.8 Å². The first-order valence-electron chi connectivity index (χ1n) is 10.6. The Morgan fingerprint density at radius 3 is 2.09 bits per heavy atom. The molecule has 0 fully saturated rings. The highest BCUT2D eigenvalue weighted by atomic mass is 19.4. The minimum absolute atomic E-state index is 0.0148. The Kier molecular flexibility index (Phi) is 8.48. The zero-order chi connectivity index (χ0) is 26.6. The van der Waals surface area contributed by atoms with Crippen molar-refractivity contribution >= 4 is 23.5 Å². The van der Waals surface area contributed by atoms with E-state index in [1.165, 1.54) is 6.92 Å². The smallest absolute Gasteiger partial charge is 0.444 e. The fourth-order valence-electron chi connectivity index (χ4n) is 2.87. The van der Waals surface area contributed by atoms with Crippen LogP contribution in [0.4, 0.5) is 28.0 Å². The molecule has 0 spiro atoms. The van der Waals surface area contributed by atoms with Crippen LogP contribution in [0.5, 0.6) is 5.75 Å². The van der Waals surface area contributed by atoms with Crippen LogP contribution in [-0.2, 0) is 9.53 Å². The molecule has 0 saturated heterocycles. The summed E-state index contributed by atoms with van der Waals surface area (Å²) in [6.45, 7) is 8.12. The van der Waals surface area contributed by atoms with Gasteiger partial charge in [0.2, 0.25) is 5.91 Å². The first kappa shape index (κ1) is 27.6. The van der Waals surface area contributed by atoms with Gasteiger partial charge in [0, 0.05) is 17.2 Å². The van der Waals surface area contributed by atoms with Gasteiger partial charge in [-0.3, -0.25) is 9.59 Å². The van der Waals surface area contributed by atoms with Crippen LogP contribution in [0.2, 0.25) is 0 Å². The number of carbonyl (C=O) groups is 3. The minimum atomic E-state index is -5.00. The molecule has 0 aliphatic rings. The summed E-state index contributed by atoms with van der Waals surface area (Å²) in [4.78, 5) is 37.8. The molecule has 2 amide bonds. The number of rotatable bonds is 7. The predicted octanol–water partition coefficient (Wildman–Crippen LogP) is 5.44. The summed E-state index contributed by atoms with van der Waals surface area (Å²) in [6, 6.07) is 6.55. The molecule has 35 heavy (non-hydrogen) atoms. The topological polar surface area (TPSA) is 93.7 Å². The van der Waals surface area contributed by atoms with E-state index in [0.717, 1.165) is 42.5 Å². The maximum absolute atomic E-state index is 13.2. The summed E-state index contributed by atoms with van der Waals surface area (Å²) in [6.07, 6.45) is -5.73. The Bertz CT molecular complexity index is 1080. The molecule has 0 bridgehead atoms. The monoisotopic (exact) mass is 498 g/mol. The third-order valence-electron chi connectivity index (χ3n) is 4.74. The van der Waals surface area contributed by atoms with Crippen molar-refractivity contribution in [3.8, 4) is 5.75 Å². The maximum Gasteiger partial charge on any atom is 0.573 e. The van der Waals surface area contributed by atoms with Crippen LogP contribution in [0.15, 0.2) is 42.5 Å². The first-order chi connectivity index (χ1) is 16.1. The van der Waals surface area contributed by atoms with Crippen molar-refractivity contribution in [2.24, 2.45) is 5.92 Å². The van der Waals surface area contributed by atoms with Crippen molar-refractivity contribution in [2.75, 3.05) is 5.32 Å². The lowest BCUT2D eigenvalue weighted by atomic mass is 9.99. The Morgan fingerprint density at radius 1 is 0.943 bits per heavy atom. The number of alkyl halides is 3. The lowest BCUT2D eigenvalue weighted by Gasteiger charge is -2.24. The summed E-state index contributed by atoms with van der Waals surface area (Å²) in [7, 11) is 0. The van der Waals surface area contributed by atoms with Gasteiger partial charge in [-0.1, -0.05) is 6.92 Å². The van der Waals surface area contributed by atoms with E-state index < -0.39 is 53.3 Å². The Labute approximate surface area is 199 Å². The van der Waals surface area contributed by atoms with E-state index in [9.17, 15) is 31.9 Å². The summed E-state index contributed by atoms with van der Waals surface area (Å²) in [5, 5.41) is 5.04. The van der Waals surface area contributed by atoms with E-state index in [1.54, 1.807) is 27.7 Å². The van der Waals surface area contributed by atoms with Gasteiger partial charge in [0.15, 0.2) is 5.78 Å². The minimum Gasteiger partial charge on any atom is -0.444 e. The molecule has 2 aromatic rings. The highest BCUT2D eigenvalue weighted by Gasteiger charge is 2.32. The second kappa shape index (κ2) is 10.7. The van der Waals surface area contributed by atoms with E-state index in [0.29, 0.717) is 0 Å². The van der Waals surface area contributed by atoms with Crippen molar-refractivity contribution in [3.05, 3.63) is 59.4 Å². The average Bonchev–Trinajstić information content (AvgIpc) is 2.71. The number of amides is 2. The molecule has 0 aliphatic heterocycles. The van der Waals surface area contributed by atoms with Crippen molar-refractivity contribution in [1.82, 2.24) is 5.32 Å². The van der Waals surface area contributed by atoms with Gasteiger partial charge >= 0.3 is 12.5 Å². The van der Waals surface area contributed by atoms with E-state index in [2.05, 4.69) is 15.4 Å². The SMILES string of the molecule is C[C@H](NC(=O)OC(C)(C)C)[C@H](C)C(=O)Nc1ccc(OC(F)(F)F)cc1C(=O)c1ccc(F)cc1. The van der Waals surface area contributed by atoms with Crippen molar-refractivity contribution in [3.63, 3.8) is 0 Å². The molecule has 0 saturated carbocycles. The number of nitrogens with one attached hydrogen (secondary N) is 2. The highest BCUT2D eigenvalue weighted by Crippen LogP contribution is 2.29. The number of hydrogen-bond acceptors (Lipinski definition) is 5. The average molecular weight is 498 g/mol. The highest BCUT2D eigenvalue weighted by molar-refractivity contribution is 6.14. The fourth-order valence-corrected chi connectivity index (χ4v) is 2.87. The number of halogens is 4. The van der Waals surface area contributed by atoms with Crippen molar-refractivity contribution < 1.29 is 41.4 Å². The fraction of sp³-hybridized carbons (Fsp3) is 0.375. The lowest BCUT2D eigenvalue weighted by Crippen LogP contribution is -2.44. The number of anilines is 1. The summed E-state index contributed by atoms with van der Waals surface area (Å²) in [5.41, 5.74) is -1.15. The van der Waals surface area contributed by atoms with Crippen molar-refractivity contribution in [1.29, 1.82) is 0 Å².